The van der Waals surface area contributed by atoms with Crippen molar-refractivity contribution in [3.63, 3.8) is 0 Å². The summed E-state index contributed by atoms with van der Waals surface area (Å²) in [4.78, 5) is 14.2. The molecule has 2 heterocycles. The number of hydrogen-bond acceptors (Lipinski definition) is 3. The van der Waals surface area contributed by atoms with E-state index in [9.17, 15) is 4.79 Å². The number of benzene rings is 1. The van der Waals surface area contributed by atoms with Gasteiger partial charge in [0, 0.05) is 9.35 Å². The SMILES string of the molecule is Cc1ccc(C(=O)Nc2c(C)nn(Cc3ccc(Br)cc3)c2C)s1. The summed E-state index contributed by atoms with van der Waals surface area (Å²) in [6.45, 7) is 6.57. The summed E-state index contributed by atoms with van der Waals surface area (Å²) in [6, 6.07) is 12.0. The van der Waals surface area contributed by atoms with Crippen LogP contribution in [0.25, 0.3) is 0 Å². The van der Waals surface area contributed by atoms with Crippen LogP contribution < -0.4 is 5.32 Å². The zero-order valence-corrected chi connectivity index (χ0v) is 16.2. The van der Waals surface area contributed by atoms with E-state index in [0.29, 0.717) is 11.4 Å². The van der Waals surface area contributed by atoms with Crippen molar-refractivity contribution < 1.29 is 4.79 Å². The van der Waals surface area contributed by atoms with E-state index in [-0.39, 0.29) is 5.91 Å². The van der Waals surface area contributed by atoms with E-state index in [0.717, 1.165) is 32.0 Å². The predicted octanol–water partition coefficient (Wildman–Crippen LogP) is 4.93. The third kappa shape index (κ3) is 3.60. The highest BCUT2D eigenvalue weighted by atomic mass is 79.9. The lowest BCUT2D eigenvalue weighted by molar-refractivity contribution is 0.103. The number of carbonyl (C=O) groups excluding carboxylic acids is 1. The molecular weight excluding hydrogens is 386 g/mol. The highest BCUT2D eigenvalue weighted by Gasteiger charge is 2.16. The first-order valence-electron chi connectivity index (χ1n) is 7.60. The predicted molar refractivity (Wildman–Crippen MR) is 102 cm³/mol. The monoisotopic (exact) mass is 403 g/mol. The smallest absolute Gasteiger partial charge is 0.265 e. The van der Waals surface area contributed by atoms with Gasteiger partial charge in [-0.15, -0.1) is 11.3 Å². The summed E-state index contributed by atoms with van der Waals surface area (Å²) in [7, 11) is 0. The Morgan fingerprint density at radius 2 is 1.88 bits per heavy atom. The lowest BCUT2D eigenvalue weighted by Gasteiger charge is -2.07. The summed E-state index contributed by atoms with van der Waals surface area (Å²) in [5.41, 5.74) is 3.74. The Bertz CT molecular complexity index is 880. The Kier molecular flexibility index (Phi) is 4.87. The molecule has 4 nitrogen and oxygen atoms in total. The number of anilines is 1. The number of aryl methyl sites for hydroxylation is 2. The van der Waals surface area contributed by atoms with Crippen molar-refractivity contribution in [2.24, 2.45) is 0 Å². The third-order valence-corrected chi connectivity index (χ3v) is 5.36. The number of nitrogens with zero attached hydrogens (tertiary/aromatic N) is 2. The number of nitrogens with one attached hydrogen (secondary N) is 1. The van der Waals surface area contributed by atoms with Gasteiger partial charge < -0.3 is 5.32 Å². The fraction of sp³-hybridized carbons (Fsp3) is 0.222. The van der Waals surface area contributed by atoms with Crippen LogP contribution in [0.4, 0.5) is 5.69 Å². The molecule has 0 saturated heterocycles. The molecule has 0 saturated carbocycles. The molecule has 0 aliphatic heterocycles. The van der Waals surface area contributed by atoms with Crippen LogP contribution in [0.5, 0.6) is 0 Å². The molecule has 0 spiro atoms. The molecule has 1 N–H and O–H groups in total. The highest BCUT2D eigenvalue weighted by Crippen LogP contribution is 2.23. The molecule has 3 aromatic rings. The number of amides is 1. The van der Waals surface area contributed by atoms with Crippen LogP contribution in [0, 0.1) is 20.8 Å². The largest absolute Gasteiger partial charge is 0.318 e. The van der Waals surface area contributed by atoms with Gasteiger partial charge in [0.1, 0.15) is 0 Å². The summed E-state index contributed by atoms with van der Waals surface area (Å²) in [5, 5.41) is 7.58. The minimum Gasteiger partial charge on any atom is -0.318 e. The number of hydrogen-bond donors (Lipinski definition) is 1. The fourth-order valence-corrected chi connectivity index (χ4v) is 3.55. The molecular formula is C18H18BrN3OS. The highest BCUT2D eigenvalue weighted by molar-refractivity contribution is 9.10. The molecule has 1 amide bonds. The van der Waals surface area contributed by atoms with Crippen molar-refractivity contribution >= 4 is 38.9 Å². The van der Waals surface area contributed by atoms with Gasteiger partial charge in [-0.3, -0.25) is 9.48 Å². The van der Waals surface area contributed by atoms with E-state index >= 15 is 0 Å². The lowest BCUT2D eigenvalue weighted by Crippen LogP contribution is -2.12. The van der Waals surface area contributed by atoms with Crippen molar-refractivity contribution in [2.45, 2.75) is 27.3 Å². The van der Waals surface area contributed by atoms with Gasteiger partial charge in [0.15, 0.2) is 0 Å². The van der Waals surface area contributed by atoms with Gasteiger partial charge in [-0.25, -0.2) is 0 Å². The Morgan fingerprint density at radius 1 is 1.17 bits per heavy atom. The summed E-state index contributed by atoms with van der Waals surface area (Å²) in [5.74, 6) is -0.0810. The molecule has 0 atom stereocenters. The Balaban J connectivity index is 1.81. The lowest BCUT2D eigenvalue weighted by atomic mass is 10.2. The molecule has 0 radical (unpaired) electrons. The van der Waals surface area contributed by atoms with Crippen molar-refractivity contribution in [1.29, 1.82) is 0 Å². The fourth-order valence-electron chi connectivity index (χ4n) is 2.53. The van der Waals surface area contributed by atoms with Crippen molar-refractivity contribution in [2.75, 3.05) is 5.32 Å². The van der Waals surface area contributed by atoms with Crippen molar-refractivity contribution in [3.05, 3.63) is 67.6 Å². The number of halogens is 1. The zero-order chi connectivity index (χ0) is 17.3. The Labute approximate surface area is 153 Å². The van der Waals surface area contributed by atoms with Crippen LogP contribution in [0.3, 0.4) is 0 Å². The second-order valence-electron chi connectivity index (χ2n) is 5.69. The number of aromatic nitrogens is 2. The second-order valence-corrected chi connectivity index (χ2v) is 7.90. The van der Waals surface area contributed by atoms with Gasteiger partial charge in [0.2, 0.25) is 0 Å². The molecule has 0 fully saturated rings. The van der Waals surface area contributed by atoms with Gasteiger partial charge in [-0.1, -0.05) is 28.1 Å². The molecule has 0 aliphatic carbocycles. The normalized spacial score (nSPS) is 10.8. The summed E-state index contributed by atoms with van der Waals surface area (Å²) >= 11 is 4.94. The average Bonchev–Trinajstić information content (AvgIpc) is 3.09. The first kappa shape index (κ1) is 16.9. The maximum atomic E-state index is 12.4. The Hall–Kier alpha value is -1.92. The number of thiophene rings is 1. The Morgan fingerprint density at radius 3 is 2.50 bits per heavy atom. The molecule has 3 rings (SSSR count). The van der Waals surface area contributed by atoms with Crippen LogP contribution in [0.15, 0.2) is 40.9 Å². The molecule has 0 bridgehead atoms. The van der Waals surface area contributed by atoms with Gasteiger partial charge >= 0.3 is 0 Å². The van der Waals surface area contributed by atoms with Crippen LogP contribution in [0.1, 0.15) is 31.5 Å². The topological polar surface area (TPSA) is 46.9 Å². The van der Waals surface area contributed by atoms with Gasteiger partial charge in [-0.05, 0) is 50.6 Å². The first-order valence-corrected chi connectivity index (χ1v) is 9.21. The molecule has 0 unspecified atom stereocenters. The van der Waals surface area contributed by atoms with E-state index in [1.165, 1.54) is 11.3 Å². The summed E-state index contributed by atoms with van der Waals surface area (Å²) in [6.07, 6.45) is 0. The quantitative estimate of drug-likeness (QED) is 0.670. The summed E-state index contributed by atoms with van der Waals surface area (Å²) < 4.78 is 2.98. The molecule has 0 aliphatic rings. The van der Waals surface area contributed by atoms with E-state index in [4.69, 9.17) is 0 Å². The molecule has 124 valence electrons. The maximum Gasteiger partial charge on any atom is 0.265 e. The second kappa shape index (κ2) is 6.91. The maximum absolute atomic E-state index is 12.4. The van der Waals surface area contributed by atoms with E-state index in [1.807, 2.05) is 49.7 Å². The van der Waals surface area contributed by atoms with E-state index < -0.39 is 0 Å². The third-order valence-electron chi connectivity index (χ3n) is 3.83. The molecule has 1 aromatic carbocycles. The average molecular weight is 404 g/mol. The first-order chi connectivity index (χ1) is 11.4. The van der Waals surface area contributed by atoms with E-state index in [1.54, 1.807) is 0 Å². The number of carbonyl (C=O) groups is 1. The standard InChI is InChI=1S/C18H18BrN3OS/c1-11-4-9-16(24-11)18(23)20-17-12(2)21-22(13(17)3)10-14-5-7-15(19)8-6-14/h4-9H,10H2,1-3H3,(H,20,23). The van der Waals surface area contributed by atoms with Crippen LogP contribution >= 0.6 is 27.3 Å². The van der Waals surface area contributed by atoms with Crippen LogP contribution in [-0.2, 0) is 6.54 Å². The van der Waals surface area contributed by atoms with Crippen molar-refractivity contribution in [1.82, 2.24) is 9.78 Å². The minimum atomic E-state index is -0.0810. The van der Waals surface area contributed by atoms with Crippen LogP contribution in [-0.4, -0.2) is 15.7 Å². The van der Waals surface area contributed by atoms with Gasteiger partial charge in [0.05, 0.1) is 28.5 Å². The molecule has 6 heteroatoms. The number of rotatable bonds is 4. The molecule has 24 heavy (non-hydrogen) atoms. The van der Waals surface area contributed by atoms with E-state index in [2.05, 4.69) is 38.5 Å². The van der Waals surface area contributed by atoms with Gasteiger partial charge in [-0.2, -0.15) is 5.10 Å². The minimum absolute atomic E-state index is 0.0810. The molecule has 2 aromatic heterocycles. The van der Waals surface area contributed by atoms with Crippen LogP contribution in [0.2, 0.25) is 0 Å². The zero-order valence-electron chi connectivity index (χ0n) is 13.8. The van der Waals surface area contributed by atoms with Crippen molar-refractivity contribution in [3.8, 4) is 0 Å². The van der Waals surface area contributed by atoms with Gasteiger partial charge in [0.25, 0.3) is 5.91 Å².